The van der Waals surface area contributed by atoms with Gasteiger partial charge in [0, 0.05) is 12.0 Å². The highest BCUT2D eigenvalue weighted by atomic mass is 16.5. The predicted molar refractivity (Wildman–Crippen MR) is 118 cm³/mol. The molecule has 0 N–H and O–H groups in total. The average Bonchev–Trinajstić information content (AvgIpc) is 3.29. The molecule has 156 valence electrons. The fraction of sp³-hybridized carbons (Fsp3) is 0.160. The minimum atomic E-state index is -0.261. The van der Waals surface area contributed by atoms with Gasteiger partial charge in [0.2, 0.25) is 0 Å². The molecule has 1 amide bonds. The summed E-state index contributed by atoms with van der Waals surface area (Å²) in [7, 11) is 1.62. The molecule has 0 unspecified atom stereocenters. The molecule has 0 radical (unpaired) electrons. The van der Waals surface area contributed by atoms with Gasteiger partial charge in [-0.25, -0.2) is 5.01 Å². The molecule has 3 aromatic rings. The molecule has 0 spiro atoms. The lowest BCUT2D eigenvalue weighted by Crippen LogP contribution is -2.31. The van der Waals surface area contributed by atoms with E-state index in [1.807, 2.05) is 54.6 Å². The van der Waals surface area contributed by atoms with Crippen molar-refractivity contribution in [3.8, 4) is 11.5 Å². The standard InChI is InChI=1S/C25H22N2O4/c1-30-21-12-10-20(11-13-21)24-15-23(19-7-3-2-4-8-19)26-27(24)25(29)17-31-22-9-5-6-18(14-22)16-28/h2-14,16,24H,15,17H2,1H3/t24-/m1/s1. The van der Waals surface area contributed by atoms with E-state index in [0.29, 0.717) is 17.7 Å². The van der Waals surface area contributed by atoms with E-state index in [1.54, 1.807) is 31.4 Å². The lowest BCUT2D eigenvalue weighted by molar-refractivity contribution is -0.135. The number of aldehydes is 1. The van der Waals surface area contributed by atoms with Crippen molar-refractivity contribution in [3.63, 3.8) is 0 Å². The summed E-state index contributed by atoms with van der Waals surface area (Å²) in [6, 6.07) is 23.9. The first-order chi connectivity index (χ1) is 15.2. The summed E-state index contributed by atoms with van der Waals surface area (Å²) in [5.41, 5.74) is 3.28. The quantitative estimate of drug-likeness (QED) is 0.542. The van der Waals surface area contributed by atoms with E-state index in [4.69, 9.17) is 9.47 Å². The van der Waals surface area contributed by atoms with Gasteiger partial charge in [0.1, 0.15) is 17.8 Å². The van der Waals surface area contributed by atoms with Crippen LogP contribution in [-0.4, -0.2) is 36.6 Å². The van der Waals surface area contributed by atoms with Crippen LogP contribution < -0.4 is 9.47 Å². The Balaban J connectivity index is 1.56. The van der Waals surface area contributed by atoms with Crippen molar-refractivity contribution in [2.24, 2.45) is 5.10 Å². The molecule has 0 saturated carbocycles. The van der Waals surface area contributed by atoms with Crippen LogP contribution in [0.2, 0.25) is 0 Å². The van der Waals surface area contributed by atoms with Crippen LogP contribution in [0.3, 0.4) is 0 Å². The Kier molecular flexibility index (Phi) is 6.08. The van der Waals surface area contributed by atoms with Crippen molar-refractivity contribution in [2.75, 3.05) is 13.7 Å². The molecule has 0 aromatic heterocycles. The SMILES string of the molecule is COc1ccc([C@H]2CC(c3ccccc3)=NN2C(=O)COc2cccc(C=O)c2)cc1. The largest absolute Gasteiger partial charge is 0.497 e. The molecular formula is C25H22N2O4. The maximum Gasteiger partial charge on any atom is 0.281 e. The second-order valence-corrected chi connectivity index (χ2v) is 7.12. The molecule has 6 heteroatoms. The Hall–Kier alpha value is -3.93. The fourth-order valence-electron chi connectivity index (χ4n) is 3.52. The summed E-state index contributed by atoms with van der Waals surface area (Å²) in [5.74, 6) is 0.955. The van der Waals surface area contributed by atoms with Crippen LogP contribution in [0.1, 0.15) is 33.9 Å². The molecule has 1 aliphatic heterocycles. The third-order valence-electron chi connectivity index (χ3n) is 5.13. The van der Waals surface area contributed by atoms with Crippen molar-refractivity contribution >= 4 is 17.9 Å². The minimum Gasteiger partial charge on any atom is -0.497 e. The topological polar surface area (TPSA) is 68.2 Å². The zero-order valence-corrected chi connectivity index (χ0v) is 17.1. The highest BCUT2D eigenvalue weighted by Crippen LogP contribution is 2.33. The molecule has 3 aromatic carbocycles. The zero-order valence-electron chi connectivity index (χ0n) is 17.1. The maximum atomic E-state index is 13.1. The van der Waals surface area contributed by atoms with Gasteiger partial charge in [0.05, 0.1) is 18.9 Å². The summed E-state index contributed by atoms with van der Waals surface area (Å²) in [6.45, 7) is -0.180. The van der Waals surface area contributed by atoms with Gasteiger partial charge in [0.25, 0.3) is 5.91 Å². The van der Waals surface area contributed by atoms with Crippen molar-refractivity contribution in [2.45, 2.75) is 12.5 Å². The Morgan fingerprint density at radius 3 is 2.52 bits per heavy atom. The van der Waals surface area contributed by atoms with Crippen molar-refractivity contribution in [3.05, 3.63) is 95.6 Å². The van der Waals surface area contributed by atoms with Gasteiger partial charge in [-0.15, -0.1) is 0 Å². The van der Waals surface area contributed by atoms with Gasteiger partial charge >= 0.3 is 0 Å². The normalized spacial score (nSPS) is 15.3. The number of carbonyl (C=O) groups excluding carboxylic acids is 2. The Labute approximate surface area is 180 Å². The van der Waals surface area contributed by atoms with E-state index >= 15 is 0 Å². The number of benzene rings is 3. The molecule has 4 rings (SSSR count). The lowest BCUT2D eigenvalue weighted by atomic mass is 9.98. The van der Waals surface area contributed by atoms with Crippen molar-refractivity contribution in [1.29, 1.82) is 0 Å². The van der Waals surface area contributed by atoms with Gasteiger partial charge in [-0.1, -0.05) is 54.6 Å². The number of hydrazone groups is 1. The third kappa shape index (κ3) is 4.64. The molecule has 1 heterocycles. The first-order valence-corrected chi connectivity index (χ1v) is 9.95. The van der Waals surface area contributed by atoms with E-state index in [2.05, 4.69) is 5.10 Å². The number of ether oxygens (including phenoxy) is 2. The lowest BCUT2D eigenvalue weighted by Gasteiger charge is -2.22. The average molecular weight is 414 g/mol. The molecule has 31 heavy (non-hydrogen) atoms. The minimum absolute atomic E-state index is 0.180. The molecule has 0 bridgehead atoms. The first-order valence-electron chi connectivity index (χ1n) is 9.95. The number of nitrogens with zero attached hydrogens (tertiary/aromatic N) is 2. The summed E-state index contributed by atoms with van der Waals surface area (Å²) >= 11 is 0. The van der Waals surface area contributed by atoms with Crippen molar-refractivity contribution < 1.29 is 19.1 Å². The Morgan fingerprint density at radius 2 is 1.81 bits per heavy atom. The second-order valence-electron chi connectivity index (χ2n) is 7.12. The van der Waals surface area contributed by atoms with Gasteiger partial charge in [-0.2, -0.15) is 5.10 Å². The van der Waals surface area contributed by atoms with E-state index in [9.17, 15) is 9.59 Å². The van der Waals surface area contributed by atoms with Crippen LogP contribution in [-0.2, 0) is 4.79 Å². The van der Waals surface area contributed by atoms with Gasteiger partial charge in [0.15, 0.2) is 6.61 Å². The second kappa shape index (κ2) is 9.26. The van der Waals surface area contributed by atoms with Gasteiger partial charge < -0.3 is 9.47 Å². The summed E-state index contributed by atoms with van der Waals surface area (Å²) in [5, 5.41) is 6.13. The van der Waals surface area contributed by atoms with Crippen LogP contribution in [0.15, 0.2) is 84.0 Å². The number of methoxy groups -OCH3 is 1. The number of hydrogen-bond acceptors (Lipinski definition) is 5. The van der Waals surface area contributed by atoms with Gasteiger partial charge in [-0.05, 0) is 35.4 Å². The molecule has 1 atom stereocenters. The van der Waals surface area contributed by atoms with Crippen LogP contribution in [0.4, 0.5) is 0 Å². The molecule has 0 fully saturated rings. The summed E-state index contributed by atoms with van der Waals surface area (Å²) in [6.07, 6.45) is 1.34. The smallest absolute Gasteiger partial charge is 0.281 e. The molecule has 6 nitrogen and oxygen atoms in total. The van der Waals surface area contributed by atoms with Crippen molar-refractivity contribution in [1.82, 2.24) is 5.01 Å². The number of carbonyl (C=O) groups is 2. The van der Waals surface area contributed by atoms with Gasteiger partial charge in [-0.3, -0.25) is 9.59 Å². The summed E-state index contributed by atoms with van der Waals surface area (Å²) in [4.78, 5) is 24.0. The van der Waals surface area contributed by atoms with E-state index in [-0.39, 0.29) is 18.6 Å². The molecular weight excluding hydrogens is 392 g/mol. The maximum absolute atomic E-state index is 13.1. The number of rotatable bonds is 7. The van der Waals surface area contributed by atoms with E-state index < -0.39 is 0 Å². The highest BCUT2D eigenvalue weighted by Gasteiger charge is 2.33. The summed E-state index contributed by atoms with van der Waals surface area (Å²) < 4.78 is 10.9. The predicted octanol–water partition coefficient (Wildman–Crippen LogP) is 4.26. The third-order valence-corrected chi connectivity index (χ3v) is 5.13. The monoisotopic (exact) mass is 414 g/mol. The van der Waals surface area contributed by atoms with Crippen LogP contribution in [0.5, 0.6) is 11.5 Å². The van der Waals surface area contributed by atoms with Crippen LogP contribution >= 0.6 is 0 Å². The van der Waals surface area contributed by atoms with Crippen LogP contribution in [0, 0.1) is 0 Å². The van der Waals surface area contributed by atoms with E-state index in [0.717, 1.165) is 28.9 Å². The number of hydrogen-bond donors (Lipinski definition) is 0. The Bertz CT molecular complexity index is 1090. The molecule has 0 saturated heterocycles. The zero-order chi connectivity index (χ0) is 21.6. The molecule has 0 aliphatic carbocycles. The first kappa shape index (κ1) is 20.3. The fourth-order valence-corrected chi connectivity index (χ4v) is 3.52. The number of amides is 1. The molecule has 1 aliphatic rings. The highest BCUT2D eigenvalue weighted by molar-refractivity contribution is 6.03. The van der Waals surface area contributed by atoms with Crippen LogP contribution in [0.25, 0.3) is 0 Å². The van der Waals surface area contributed by atoms with E-state index in [1.165, 1.54) is 5.01 Å². The Morgan fingerprint density at radius 1 is 1.03 bits per heavy atom.